The molecule has 0 heterocycles. The SMILES string of the molecule is COc1ccccc1NC(=O)c1ccc(OCCCCOc2ccc(C)cc2)cc1. The fraction of sp³-hybridized carbons (Fsp3) is 0.240. The molecule has 3 aromatic carbocycles. The quantitative estimate of drug-likeness (QED) is 0.453. The zero-order valence-corrected chi connectivity index (χ0v) is 17.4. The van der Waals surface area contributed by atoms with E-state index in [-0.39, 0.29) is 5.91 Å². The molecule has 0 aromatic heterocycles. The topological polar surface area (TPSA) is 56.8 Å². The highest BCUT2D eigenvalue weighted by molar-refractivity contribution is 6.05. The van der Waals surface area contributed by atoms with Crippen molar-refractivity contribution in [3.05, 3.63) is 83.9 Å². The maximum absolute atomic E-state index is 12.4. The zero-order valence-electron chi connectivity index (χ0n) is 17.4. The number of nitrogens with one attached hydrogen (secondary N) is 1. The van der Waals surface area contributed by atoms with Crippen molar-refractivity contribution < 1.29 is 19.0 Å². The minimum absolute atomic E-state index is 0.195. The van der Waals surface area contributed by atoms with E-state index in [2.05, 4.69) is 12.2 Å². The number of hydrogen-bond donors (Lipinski definition) is 1. The molecule has 5 nitrogen and oxygen atoms in total. The van der Waals surface area contributed by atoms with Crippen molar-refractivity contribution in [2.24, 2.45) is 0 Å². The first-order valence-corrected chi connectivity index (χ1v) is 10.0. The zero-order chi connectivity index (χ0) is 21.2. The maximum atomic E-state index is 12.4. The summed E-state index contributed by atoms with van der Waals surface area (Å²) in [7, 11) is 1.58. The Morgan fingerprint density at radius 1 is 0.800 bits per heavy atom. The lowest BCUT2D eigenvalue weighted by Gasteiger charge is -2.11. The first-order chi connectivity index (χ1) is 14.7. The summed E-state index contributed by atoms with van der Waals surface area (Å²) < 4.78 is 16.7. The Bertz CT molecular complexity index is 936. The van der Waals surface area contributed by atoms with Crippen molar-refractivity contribution in [3.63, 3.8) is 0 Å². The highest BCUT2D eigenvalue weighted by Gasteiger charge is 2.09. The second-order valence-corrected chi connectivity index (χ2v) is 6.90. The molecule has 0 bridgehead atoms. The third-order valence-electron chi connectivity index (χ3n) is 4.57. The van der Waals surface area contributed by atoms with Gasteiger partial charge in [-0.25, -0.2) is 0 Å². The number of para-hydroxylation sites is 2. The third-order valence-corrected chi connectivity index (χ3v) is 4.57. The number of hydrogen-bond acceptors (Lipinski definition) is 4. The van der Waals surface area contributed by atoms with E-state index in [1.807, 2.05) is 36.4 Å². The summed E-state index contributed by atoms with van der Waals surface area (Å²) in [6.45, 7) is 3.32. The van der Waals surface area contributed by atoms with Crippen molar-refractivity contribution >= 4 is 11.6 Å². The highest BCUT2D eigenvalue weighted by Crippen LogP contribution is 2.24. The lowest BCUT2D eigenvalue weighted by Crippen LogP contribution is -2.12. The molecule has 0 aliphatic heterocycles. The standard InChI is InChI=1S/C25H27NO4/c1-19-9-13-21(14-10-19)29-17-5-6-18-30-22-15-11-20(12-16-22)25(27)26-23-7-3-4-8-24(23)28-2/h3-4,7-16H,5-6,17-18H2,1-2H3,(H,26,27). The third kappa shape index (κ3) is 6.27. The Balaban J connectivity index is 1.39. The molecule has 0 spiro atoms. The van der Waals surface area contributed by atoms with Gasteiger partial charge in [0.1, 0.15) is 17.2 Å². The minimum Gasteiger partial charge on any atom is -0.495 e. The smallest absolute Gasteiger partial charge is 0.255 e. The molecular formula is C25H27NO4. The molecule has 3 rings (SSSR count). The molecule has 156 valence electrons. The van der Waals surface area contributed by atoms with Gasteiger partial charge in [-0.15, -0.1) is 0 Å². The molecule has 0 saturated heterocycles. The number of rotatable bonds is 10. The van der Waals surface area contributed by atoms with Crippen LogP contribution in [-0.2, 0) is 0 Å². The Kier molecular flexibility index (Phi) is 7.72. The van der Waals surface area contributed by atoms with E-state index >= 15 is 0 Å². The summed E-state index contributed by atoms with van der Waals surface area (Å²) in [5, 5.41) is 2.86. The number of carbonyl (C=O) groups excluding carboxylic acids is 1. The highest BCUT2D eigenvalue weighted by atomic mass is 16.5. The van der Waals surface area contributed by atoms with Crippen LogP contribution in [0, 0.1) is 6.92 Å². The van der Waals surface area contributed by atoms with Gasteiger partial charge in [0, 0.05) is 5.56 Å². The van der Waals surface area contributed by atoms with E-state index in [9.17, 15) is 4.79 Å². The van der Waals surface area contributed by atoms with E-state index in [1.165, 1.54) is 5.56 Å². The monoisotopic (exact) mass is 405 g/mol. The van der Waals surface area contributed by atoms with Gasteiger partial charge in [0.25, 0.3) is 5.91 Å². The van der Waals surface area contributed by atoms with Crippen LogP contribution in [0.2, 0.25) is 0 Å². The molecule has 0 fully saturated rings. The first kappa shape index (κ1) is 21.2. The molecule has 3 aromatic rings. The number of methoxy groups -OCH3 is 1. The largest absolute Gasteiger partial charge is 0.495 e. The lowest BCUT2D eigenvalue weighted by molar-refractivity contribution is 0.102. The summed E-state index contributed by atoms with van der Waals surface area (Å²) in [4.78, 5) is 12.4. The van der Waals surface area contributed by atoms with Crippen LogP contribution in [0.15, 0.2) is 72.8 Å². The summed E-state index contributed by atoms with van der Waals surface area (Å²) >= 11 is 0. The van der Waals surface area contributed by atoms with Gasteiger partial charge >= 0.3 is 0 Å². The van der Waals surface area contributed by atoms with Gasteiger partial charge in [0.2, 0.25) is 0 Å². The van der Waals surface area contributed by atoms with E-state index in [1.54, 1.807) is 43.5 Å². The molecule has 1 amide bonds. The molecular weight excluding hydrogens is 378 g/mol. The predicted molar refractivity (Wildman–Crippen MR) is 119 cm³/mol. The average Bonchev–Trinajstić information content (AvgIpc) is 2.78. The molecule has 30 heavy (non-hydrogen) atoms. The van der Waals surface area contributed by atoms with Crippen LogP contribution in [-0.4, -0.2) is 26.2 Å². The van der Waals surface area contributed by atoms with Crippen molar-refractivity contribution in [1.82, 2.24) is 0 Å². The second kappa shape index (κ2) is 10.9. The van der Waals surface area contributed by atoms with Crippen LogP contribution < -0.4 is 19.5 Å². The Labute approximate surface area is 177 Å². The van der Waals surface area contributed by atoms with E-state index in [0.29, 0.717) is 30.2 Å². The fourth-order valence-electron chi connectivity index (χ4n) is 2.86. The lowest BCUT2D eigenvalue weighted by atomic mass is 10.2. The summed E-state index contributed by atoms with van der Waals surface area (Å²) in [5.41, 5.74) is 2.41. The van der Waals surface area contributed by atoms with Gasteiger partial charge < -0.3 is 19.5 Å². The summed E-state index contributed by atoms with van der Waals surface area (Å²) in [5.74, 6) is 2.06. The first-order valence-electron chi connectivity index (χ1n) is 10.0. The fourth-order valence-corrected chi connectivity index (χ4v) is 2.86. The van der Waals surface area contributed by atoms with Gasteiger partial charge in [-0.05, 0) is 68.3 Å². The van der Waals surface area contributed by atoms with Crippen LogP contribution in [0.25, 0.3) is 0 Å². The predicted octanol–water partition coefficient (Wildman–Crippen LogP) is 5.49. The van der Waals surface area contributed by atoms with Crippen molar-refractivity contribution in [3.8, 4) is 17.2 Å². The van der Waals surface area contributed by atoms with Gasteiger partial charge in [-0.1, -0.05) is 29.8 Å². The Hall–Kier alpha value is -3.47. The average molecular weight is 405 g/mol. The van der Waals surface area contributed by atoms with Gasteiger partial charge in [-0.3, -0.25) is 4.79 Å². The van der Waals surface area contributed by atoms with Crippen LogP contribution in [0.4, 0.5) is 5.69 Å². The summed E-state index contributed by atoms with van der Waals surface area (Å²) in [6, 6.07) is 22.5. The van der Waals surface area contributed by atoms with Crippen LogP contribution >= 0.6 is 0 Å². The van der Waals surface area contributed by atoms with Crippen molar-refractivity contribution in [2.75, 3.05) is 25.6 Å². The number of carbonyl (C=O) groups is 1. The van der Waals surface area contributed by atoms with Crippen molar-refractivity contribution in [2.45, 2.75) is 19.8 Å². The maximum Gasteiger partial charge on any atom is 0.255 e. The number of ether oxygens (including phenoxy) is 3. The van der Waals surface area contributed by atoms with Gasteiger partial charge in [0.15, 0.2) is 0 Å². The minimum atomic E-state index is -0.195. The van der Waals surface area contributed by atoms with E-state index in [4.69, 9.17) is 14.2 Å². The normalized spacial score (nSPS) is 10.3. The molecule has 0 atom stereocenters. The molecule has 0 aliphatic rings. The van der Waals surface area contributed by atoms with Crippen LogP contribution in [0.5, 0.6) is 17.2 Å². The Morgan fingerprint density at radius 2 is 1.37 bits per heavy atom. The van der Waals surface area contributed by atoms with E-state index in [0.717, 1.165) is 24.3 Å². The van der Waals surface area contributed by atoms with Crippen molar-refractivity contribution in [1.29, 1.82) is 0 Å². The number of benzene rings is 3. The molecule has 1 N–H and O–H groups in total. The molecule has 0 aliphatic carbocycles. The van der Waals surface area contributed by atoms with Crippen LogP contribution in [0.3, 0.4) is 0 Å². The van der Waals surface area contributed by atoms with E-state index < -0.39 is 0 Å². The molecule has 5 heteroatoms. The summed E-state index contributed by atoms with van der Waals surface area (Å²) in [6.07, 6.45) is 1.80. The van der Waals surface area contributed by atoms with Gasteiger partial charge in [-0.2, -0.15) is 0 Å². The number of amides is 1. The van der Waals surface area contributed by atoms with Gasteiger partial charge in [0.05, 0.1) is 26.0 Å². The second-order valence-electron chi connectivity index (χ2n) is 6.90. The Morgan fingerprint density at radius 3 is 1.97 bits per heavy atom. The molecule has 0 saturated carbocycles. The molecule has 0 unspecified atom stereocenters. The number of aryl methyl sites for hydroxylation is 1. The number of anilines is 1. The molecule has 0 radical (unpaired) electrons. The number of unbranched alkanes of at least 4 members (excludes halogenated alkanes) is 1. The van der Waals surface area contributed by atoms with Crippen LogP contribution in [0.1, 0.15) is 28.8 Å².